The first-order valence-electron chi connectivity index (χ1n) is 7.91. The topological polar surface area (TPSA) is 108 Å². The van der Waals surface area contributed by atoms with Crippen LogP contribution in [0.1, 0.15) is 48.9 Å². The molecule has 23 heavy (non-hydrogen) atoms. The lowest BCUT2D eigenvalue weighted by Crippen LogP contribution is -2.48. The first-order valence-corrected chi connectivity index (χ1v) is 7.91. The van der Waals surface area contributed by atoms with E-state index in [4.69, 9.17) is 5.26 Å². The van der Waals surface area contributed by atoms with Crippen molar-refractivity contribution in [1.29, 1.82) is 5.26 Å². The molecule has 0 bridgehead atoms. The molecule has 1 aromatic heterocycles. The van der Waals surface area contributed by atoms with Gasteiger partial charge in [-0.3, -0.25) is 9.59 Å². The monoisotopic (exact) mass is 315 g/mol. The molecule has 7 nitrogen and oxygen atoms in total. The number of nitrogens with one attached hydrogen (secondary N) is 2. The standard InChI is InChI=1S/C16H21N5O2/c17-6-7-20-16(23)14(8-12-4-2-1-3-5-12)21-15(22)13-9-18-11-19-10-13/h9-12,14H,1-5,7-8H2,(H,20,23)(H,21,22)/t14-/m0/s1. The minimum absolute atomic E-state index is 0.0652. The van der Waals surface area contributed by atoms with E-state index in [2.05, 4.69) is 20.6 Å². The van der Waals surface area contributed by atoms with E-state index in [0.717, 1.165) is 25.7 Å². The molecule has 2 amide bonds. The number of nitriles is 1. The Morgan fingerprint density at radius 2 is 1.96 bits per heavy atom. The van der Waals surface area contributed by atoms with Crippen molar-refractivity contribution in [2.45, 2.75) is 44.6 Å². The molecule has 1 aliphatic carbocycles. The van der Waals surface area contributed by atoms with Gasteiger partial charge in [-0.05, 0) is 12.3 Å². The van der Waals surface area contributed by atoms with E-state index >= 15 is 0 Å². The molecule has 1 fully saturated rings. The van der Waals surface area contributed by atoms with E-state index < -0.39 is 6.04 Å². The summed E-state index contributed by atoms with van der Waals surface area (Å²) in [5.74, 6) is -0.269. The van der Waals surface area contributed by atoms with Gasteiger partial charge in [0.1, 0.15) is 18.9 Å². The van der Waals surface area contributed by atoms with Crippen molar-refractivity contribution >= 4 is 11.8 Å². The van der Waals surface area contributed by atoms with Gasteiger partial charge in [-0.15, -0.1) is 0 Å². The van der Waals surface area contributed by atoms with Crippen LogP contribution >= 0.6 is 0 Å². The molecule has 1 saturated carbocycles. The van der Waals surface area contributed by atoms with Crippen LogP contribution in [0.3, 0.4) is 0 Å². The predicted molar refractivity (Wildman–Crippen MR) is 83.1 cm³/mol. The molecule has 1 aliphatic rings. The van der Waals surface area contributed by atoms with Crippen LogP contribution in [0.4, 0.5) is 0 Å². The van der Waals surface area contributed by atoms with E-state index in [-0.39, 0.29) is 18.4 Å². The van der Waals surface area contributed by atoms with Crippen molar-refractivity contribution in [3.8, 4) is 6.07 Å². The second kappa shape index (κ2) is 8.83. The van der Waals surface area contributed by atoms with E-state index in [1.165, 1.54) is 25.1 Å². The van der Waals surface area contributed by atoms with Crippen LogP contribution in [0.25, 0.3) is 0 Å². The summed E-state index contributed by atoms with van der Waals surface area (Å²) in [5, 5.41) is 13.9. The van der Waals surface area contributed by atoms with Gasteiger partial charge in [-0.25, -0.2) is 9.97 Å². The summed E-state index contributed by atoms with van der Waals surface area (Å²) in [6.45, 7) is -0.0652. The number of amides is 2. The highest BCUT2D eigenvalue weighted by molar-refractivity contribution is 5.97. The van der Waals surface area contributed by atoms with Crippen LogP contribution in [0.15, 0.2) is 18.7 Å². The van der Waals surface area contributed by atoms with Crippen LogP contribution < -0.4 is 10.6 Å². The van der Waals surface area contributed by atoms with Gasteiger partial charge in [0.15, 0.2) is 0 Å². The summed E-state index contributed by atoms with van der Waals surface area (Å²) in [4.78, 5) is 32.1. The van der Waals surface area contributed by atoms with Gasteiger partial charge in [0.25, 0.3) is 5.91 Å². The Morgan fingerprint density at radius 3 is 2.61 bits per heavy atom. The normalized spacial score (nSPS) is 16.1. The lowest BCUT2D eigenvalue weighted by atomic mass is 9.84. The zero-order valence-corrected chi connectivity index (χ0v) is 13.0. The Morgan fingerprint density at radius 1 is 1.26 bits per heavy atom. The predicted octanol–water partition coefficient (Wildman–Crippen LogP) is 1.19. The lowest BCUT2D eigenvalue weighted by molar-refractivity contribution is -0.123. The van der Waals surface area contributed by atoms with Gasteiger partial charge in [0.05, 0.1) is 11.6 Å². The van der Waals surface area contributed by atoms with E-state index in [1.807, 2.05) is 6.07 Å². The molecule has 0 unspecified atom stereocenters. The number of hydrogen-bond acceptors (Lipinski definition) is 5. The summed E-state index contributed by atoms with van der Waals surface area (Å²) in [7, 11) is 0. The number of hydrogen-bond donors (Lipinski definition) is 2. The summed E-state index contributed by atoms with van der Waals surface area (Å²) in [6, 6.07) is 1.24. The van der Waals surface area contributed by atoms with Crippen LogP contribution in [-0.4, -0.2) is 34.4 Å². The first kappa shape index (κ1) is 16.9. The van der Waals surface area contributed by atoms with Crippen molar-refractivity contribution in [3.05, 3.63) is 24.3 Å². The molecule has 2 rings (SSSR count). The summed E-state index contributed by atoms with van der Waals surface area (Å²) >= 11 is 0. The molecule has 0 aromatic carbocycles. The fraction of sp³-hybridized carbons (Fsp3) is 0.562. The van der Waals surface area contributed by atoms with Crippen molar-refractivity contribution in [2.75, 3.05) is 6.54 Å². The number of aromatic nitrogens is 2. The maximum absolute atomic E-state index is 12.2. The van der Waals surface area contributed by atoms with Crippen LogP contribution in [-0.2, 0) is 4.79 Å². The second-order valence-electron chi connectivity index (χ2n) is 5.77. The van der Waals surface area contributed by atoms with Crippen LogP contribution in [0, 0.1) is 17.2 Å². The first-order chi connectivity index (χ1) is 11.2. The molecule has 122 valence electrons. The molecule has 7 heteroatoms. The number of carbonyl (C=O) groups is 2. The fourth-order valence-electron chi connectivity index (χ4n) is 2.90. The molecule has 0 radical (unpaired) electrons. The minimum Gasteiger partial charge on any atom is -0.341 e. The van der Waals surface area contributed by atoms with E-state index in [9.17, 15) is 9.59 Å². The van der Waals surface area contributed by atoms with Gasteiger partial charge in [-0.1, -0.05) is 32.1 Å². The molecule has 1 atom stereocenters. The molecule has 0 saturated heterocycles. The Hall–Kier alpha value is -2.49. The van der Waals surface area contributed by atoms with Crippen molar-refractivity contribution in [3.63, 3.8) is 0 Å². The molecular weight excluding hydrogens is 294 g/mol. The van der Waals surface area contributed by atoms with E-state index in [0.29, 0.717) is 17.9 Å². The summed E-state index contributed by atoms with van der Waals surface area (Å²) < 4.78 is 0. The zero-order chi connectivity index (χ0) is 16.5. The zero-order valence-electron chi connectivity index (χ0n) is 13.0. The van der Waals surface area contributed by atoms with Crippen molar-refractivity contribution < 1.29 is 9.59 Å². The number of nitrogens with zero attached hydrogens (tertiary/aromatic N) is 3. The largest absolute Gasteiger partial charge is 0.341 e. The number of carbonyl (C=O) groups excluding carboxylic acids is 2. The lowest BCUT2D eigenvalue weighted by Gasteiger charge is -2.26. The maximum atomic E-state index is 12.2. The third-order valence-corrected chi connectivity index (χ3v) is 4.08. The van der Waals surface area contributed by atoms with Gasteiger partial charge in [0, 0.05) is 12.4 Å². The molecule has 2 N–H and O–H groups in total. The van der Waals surface area contributed by atoms with Gasteiger partial charge < -0.3 is 10.6 Å². The highest BCUT2D eigenvalue weighted by Crippen LogP contribution is 2.27. The van der Waals surface area contributed by atoms with Crippen molar-refractivity contribution in [2.24, 2.45) is 5.92 Å². The highest BCUT2D eigenvalue weighted by Gasteiger charge is 2.26. The fourth-order valence-corrected chi connectivity index (χ4v) is 2.90. The Bertz CT molecular complexity index is 564. The van der Waals surface area contributed by atoms with E-state index in [1.54, 1.807) is 0 Å². The third-order valence-electron chi connectivity index (χ3n) is 4.08. The summed E-state index contributed by atoms with van der Waals surface area (Å²) in [6.07, 6.45) is 10.5. The Labute approximate surface area is 135 Å². The van der Waals surface area contributed by atoms with Crippen LogP contribution in [0.5, 0.6) is 0 Å². The highest BCUT2D eigenvalue weighted by atomic mass is 16.2. The quantitative estimate of drug-likeness (QED) is 0.767. The maximum Gasteiger partial charge on any atom is 0.255 e. The SMILES string of the molecule is N#CCNC(=O)[C@H](CC1CCCCC1)NC(=O)c1cncnc1. The molecule has 0 aliphatic heterocycles. The molecule has 1 heterocycles. The van der Waals surface area contributed by atoms with Gasteiger partial charge >= 0.3 is 0 Å². The van der Waals surface area contributed by atoms with Gasteiger partial charge in [0.2, 0.25) is 5.91 Å². The molecular formula is C16H21N5O2. The minimum atomic E-state index is -0.640. The Balaban J connectivity index is 2.01. The van der Waals surface area contributed by atoms with Gasteiger partial charge in [-0.2, -0.15) is 5.26 Å². The average molecular weight is 315 g/mol. The summed E-state index contributed by atoms with van der Waals surface area (Å²) in [5.41, 5.74) is 0.314. The smallest absolute Gasteiger partial charge is 0.255 e. The number of rotatable bonds is 6. The third kappa shape index (κ3) is 5.33. The average Bonchev–Trinajstić information content (AvgIpc) is 2.60. The van der Waals surface area contributed by atoms with Crippen molar-refractivity contribution in [1.82, 2.24) is 20.6 Å². The molecule has 1 aromatic rings. The van der Waals surface area contributed by atoms with Crippen LogP contribution in [0.2, 0.25) is 0 Å². The second-order valence-corrected chi connectivity index (χ2v) is 5.77. The molecule has 0 spiro atoms. The Kier molecular flexibility index (Phi) is 6.48.